The molecule has 0 aromatic heterocycles. The van der Waals surface area contributed by atoms with Gasteiger partial charge in [-0.2, -0.15) is 0 Å². The van der Waals surface area contributed by atoms with Crippen LogP contribution < -0.4 is 0 Å². The molecule has 0 amide bonds. The molecule has 0 heterocycles. The van der Waals surface area contributed by atoms with Crippen molar-refractivity contribution >= 4 is 6.21 Å². The highest BCUT2D eigenvalue weighted by Crippen LogP contribution is 2.06. The predicted molar refractivity (Wildman–Crippen MR) is 69.5 cm³/mol. The maximum Gasteiger partial charge on any atom is 0.0524 e. The van der Waals surface area contributed by atoms with E-state index in [1.807, 2.05) is 31.4 Å². The fourth-order valence-electron chi connectivity index (χ4n) is 0.639. The Morgan fingerprint density at radius 3 is 2.13 bits per heavy atom. The quantitative estimate of drug-likeness (QED) is 0.562. The fraction of sp³-hybridized carbons (Fsp3) is 0.462. The van der Waals surface area contributed by atoms with Gasteiger partial charge in [0.05, 0.1) is 5.54 Å². The highest BCUT2D eigenvalue weighted by Gasteiger charge is 2.04. The van der Waals surface area contributed by atoms with Gasteiger partial charge in [-0.3, -0.25) is 4.99 Å². The van der Waals surface area contributed by atoms with Crippen molar-refractivity contribution < 1.29 is 5.11 Å². The van der Waals surface area contributed by atoms with Crippen molar-refractivity contribution in [3.05, 3.63) is 36.5 Å². The van der Waals surface area contributed by atoms with E-state index < -0.39 is 0 Å². The molecule has 0 atom stereocenters. The summed E-state index contributed by atoms with van der Waals surface area (Å²) in [6.45, 7) is 11.9. The Hall–Kier alpha value is -1.15. The molecule has 0 bridgehead atoms. The van der Waals surface area contributed by atoms with Crippen LogP contribution in [0.5, 0.6) is 0 Å². The van der Waals surface area contributed by atoms with Gasteiger partial charge < -0.3 is 5.11 Å². The van der Waals surface area contributed by atoms with Gasteiger partial charge in [-0.25, -0.2) is 0 Å². The number of aliphatic imine (C=N–C) groups is 1. The molecule has 0 saturated heterocycles. The van der Waals surface area contributed by atoms with E-state index in [9.17, 15) is 0 Å². The molecule has 2 nitrogen and oxygen atoms in total. The maximum atomic E-state index is 7.00. The Bertz CT molecular complexity index is 242. The normalized spacial score (nSPS) is 12.8. The Morgan fingerprint density at radius 1 is 1.27 bits per heavy atom. The van der Waals surface area contributed by atoms with Crippen LogP contribution >= 0.6 is 0 Å². The van der Waals surface area contributed by atoms with Gasteiger partial charge in [-0.1, -0.05) is 30.9 Å². The van der Waals surface area contributed by atoms with Crippen LogP contribution in [0.1, 0.15) is 27.7 Å². The highest BCUT2D eigenvalue weighted by molar-refractivity contribution is 5.82. The zero-order chi connectivity index (χ0) is 12.3. The maximum absolute atomic E-state index is 7.00. The van der Waals surface area contributed by atoms with Gasteiger partial charge in [0, 0.05) is 13.3 Å². The second kappa shape index (κ2) is 9.41. The molecule has 2 heteroatoms. The molecular formula is C13H23NO. The lowest BCUT2D eigenvalue weighted by Crippen LogP contribution is -2.09. The van der Waals surface area contributed by atoms with Crippen LogP contribution in [-0.2, 0) is 0 Å². The lowest BCUT2D eigenvalue weighted by molar-refractivity contribution is 0.399. The van der Waals surface area contributed by atoms with E-state index in [0.717, 1.165) is 12.7 Å². The SMILES string of the molecule is C=C/C(C=NC(C)(C)C)=C\C=C/C.CO. The molecule has 0 fully saturated rings. The van der Waals surface area contributed by atoms with Gasteiger partial charge in [0.2, 0.25) is 0 Å². The van der Waals surface area contributed by atoms with Gasteiger partial charge in [0.15, 0.2) is 0 Å². The van der Waals surface area contributed by atoms with Crippen LogP contribution in [-0.4, -0.2) is 24.0 Å². The number of aliphatic hydroxyl groups excluding tert-OH is 1. The standard InChI is InChI=1S/C12H19N.CH4O/c1-6-8-9-11(7-2)10-13-12(3,4)5;1-2/h6-10H,2H2,1,3-5H3;2H,1H3/b8-6-,11-9+,13-10?;. The smallest absolute Gasteiger partial charge is 0.0524 e. The minimum atomic E-state index is -0.0158. The van der Waals surface area contributed by atoms with Crippen molar-refractivity contribution in [2.75, 3.05) is 7.11 Å². The minimum absolute atomic E-state index is 0.0158. The van der Waals surface area contributed by atoms with Crippen molar-refractivity contribution in [1.82, 2.24) is 0 Å². The summed E-state index contributed by atoms with van der Waals surface area (Å²) in [5.41, 5.74) is 1.02. The summed E-state index contributed by atoms with van der Waals surface area (Å²) in [6.07, 6.45) is 9.60. The summed E-state index contributed by atoms with van der Waals surface area (Å²) >= 11 is 0. The zero-order valence-electron chi connectivity index (χ0n) is 10.5. The summed E-state index contributed by atoms with van der Waals surface area (Å²) in [5.74, 6) is 0. The van der Waals surface area contributed by atoms with Crippen molar-refractivity contribution in [2.45, 2.75) is 33.2 Å². The first-order chi connectivity index (χ1) is 6.99. The summed E-state index contributed by atoms with van der Waals surface area (Å²) in [4.78, 5) is 4.38. The Morgan fingerprint density at radius 2 is 1.80 bits per heavy atom. The molecule has 15 heavy (non-hydrogen) atoms. The molecule has 0 aliphatic heterocycles. The van der Waals surface area contributed by atoms with Crippen LogP contribution in [0.25, 0.3) is 0 Å². The highest BCUT2D eigenvalue weighted by atomic mass is 16.2. The summed E-state index contributed by atoms with van der Waals surface area (Å²) < 4.78 is 0. The number of aliphatic hydroxyl groups is 1. The molecule has 0 saturated carbocycles. The topological polar surface area (TPSA) is 32.6 Å². The molecule has 1 N–H and O–H groups in total. The Labute approximate surface area is 93.7 Å². The first-order valence-electron chi connectivity index (χ1n) is 4.95. The Balaban J connectivity index is 0. The number of rotatable bonds is 3. The minimum Gasteiger partial charge on any atom is -0.400 e. The van der Waals surface area contributed by atoms with E-state index in [1.54, 1.807) is 6.08 Å². The molecule has 0 unspecified atom stereocenters. The average molecular weight is 209 g/mol. The molecule has 0 spiro atoms. The zero-order valence-corrected chi connectivity index (χ0v) is 10.5. The molecule has 0 aromatic carbocycles. The van der Waals surface area contributed by atoms with E-state index in [1.165, 1.54) is 0 Å². The van der Waals surface area contributed by atoms with E-state index in [4.69, 9.17) is 5.11 Å². The molecule has 0 aliphatic carbocycles. The number of hydrogen-bond donors (Lipinski definition) is 1. The summed E-state index contributed by atoms with van der Waals surface area (Å²) in [6, 6.07) is 0. The van der Waals surface area contributed by atoms with Crippen molar-refractivity contribution in [3.8, 4) is 0 Å². The lowest BCUT2D eigenvalue weighted by Gasteiger charge is -2.10. The van der Waals surface area contributed by atoms with Crippen LogP contribution in [0.2, 0.25) is 0 Å². The number of allylic oxidation sites excluding steroid dienone is 5. The first kappa shape index (κ1) is 16.3. The monoisotopic (exact) mass is 209 g/mol. The van der Waals surface area contributed by atoms with Crippen LogP contribution in [0.4, 0.5) is 0 Å². The van der Waals surface area contributed by atoms with E-state index in [2.05, 4.69) is 32.3 Å². The largest absolute Gasteiger partial charge is 0.400 e. The van der Waals surface area contributed by atoms with Crippen LogP contribution in [0.3, 0.4) is 0 Å². The average Bonchev–Trinajstić information content (AvgIpc) is 2.20. The third kappa shape index (κ3) is 12.8. The third-order valence-corrected chi connectivity index (χ3v) is 1.32. The molecular weight excluding hydrogens is 186 g/mol. The van der Waals surface area contributed by atoms with Crippen LogP contribution in [0, 0.1) is 0 Å². The fourth-order valence-corrected chi connectivity index (χ4v) is 0.639. The third-order valence-electron chi connectivity index (χ3n) is 1.32. The number of nitrogens with zero attached hydrogens (tertiary/aromatic N) is 1. The van der Waals surface area contributed by atoms with Crippen molar-refractivity contribution in [3.63, 3.8) is 0 Å². The predicted octanol–water partition coefficient (Wildman–Crippen LogP) is 3.15. The van der Waals surface area contributed by atoms with Gasteiger partial charge >= 0.3 is 0 Å². The molecule has 0 radical (unpaired) electrons. The van der Waals surface area contributed by atoms with E-state index in [0.29, 0.717) is 0 Å². The second-order valence-corrected chi connectivity index (χ2v) is 3.83. The van der Waals surface area contributed by atoms with Gasteiger partial charge in [-0.15, -0.1) is 0 Å². The van der Waals surface area contributed by atoms with Crippen molar-refractivity contribution in [1.29, 1.82) is 0 Å². The van der Waals surface area contributed by atoms with Crippen molar-refractivity contribution in [2.24, 2.45) is 4.99 Å². The van der Waals surface area contributed by atoms with E-state index >= 15 is 0 Å². The Kier molecular flexibility index (Phi) is 10.2. The van der Waals surface area contributed by atoms with Crippen LogP contribution in [0.15, 0.2) is 41.4 Å². The van der Waals surface area contributed by atoms with Gasteiger partial charge in [0.1, 0.15) is 0 Å². The first-order valence-corrected chi connectivity index (χ1v) is 4.95. The second-order valence-electron chi connectivity index (χ2n) is 3.83. The van der Waals surface area contributed by atoms with E-state index in [-0.39, 0.29) is 5.54 Å². The molecule has 0 aromatic rings. The molecule has 86 valence electrons. The van der Waals surface area contributed by atoms with Gasteiger partial charge in [-0.05, 0) is 33.3 Å². The lowest BCUT2D eigenvalue weighted by atomic mass is 10.1. The molecule has 0 aliphatic rings. The number of hydrogen-bond acceptors (Lipinski definition) is 2. The molecule has 0 rings (SSSR count). The summed E-state index contributed by atoms with van der Waals surface area (Å²) in [5, 5.41) is 7.00. The summed E-state index contributed by atoms with van der Waals surface area (Å²) in [7, 11) is 1.00. The van der Waals surface area contributed by atoms with Gasteiger partial charge in [0.25, 0.3) is 0 Å².